The number of pyridine rings is 2. The van der Waals surface area contributed by atoms with Crippen LogP contribution >= 0.6 is 0 Å². The van der Waals surface area contributed by atoms with E-state index in [0.29, 0.717) is 6.42 Å². The van der Waals surface area contributed by atoms with Crippen molar-refractivity contribution in [3.63, 3.8) is 0 Å². The van der Waals surface area contributed by atoms with Crippen molar-refractivity contribution < 1.29 is 14.6 Å². The van der Waals surface area contributed by atoms with Gasteiger partial charge in [0.15, 0.2) is 0 Å². The lowest BCUT2D eigenvalue weighted by Gasteiger charge is -2.22. The summed E-state index contributed by atoms with van der Waals surface area (Å²) in [6.45, 7) is 6.02. The Bertz CT molecular complexity index is 1280. The first-order valence-electron chi connectivity index (χ1n) is 12.4. The minimum Gasteiger partial charge on any atom is -0.393 e. The lowest BCUT2D eigenvalue weighted by molar-refractivity contribution is 0.102. The van der Waals surface area contributed by atoms with E-state index < -0.39 is 12.2 Å². The van der Waals surface area contributed by atoms with Crippen LogP contribution in [0.5, 0.6) is 0 Å². The van der Waals surface area contributed by atoms with E-state index in [9.17, 15) is 19.4 Å². The van der Waals surface area contributed by atoms with E-state index in [2.05, 4.69) is 18.8 Å². The van der Waals surface area contributed by atoms with Gasteiger partial charge in [0.25, 0.3) is 0 Å². The number of H-pyrrole nitrogens is 1. The van der Waals surface area contributed by atoms with Gasteiger partial charge in [0, 0.05) is 29.3 Å². The van der Waals surface area contributed by atoms with Crippen molar-refractivity contribution in [2.75, 3.05) is 0 Å². The summed E-state index contributed by atoms with van der Waals surface area (Å²) < 4.78 is 13.8. The Labute approximate surface area is 205 Å². The average Bonchev–Trinajstić information content (AvgIpc) is 3.00. The molecule has 3 N–H and O–H groups in total. The second kappa shape index (κ2) is 10.7. The van der Waals surface area contributed by atoms with Crippen molar-refractivity contribution in [1.82, 2.24) is 9.97 Å². The molecule has 0 amide bonds. The first-order valence-corrected chi connectivity index (χ1v) is 12.4. The number of nitrogens with zero attached hydrogens (tertiary/aromatic N) is 1. The predicted octanol–water partition coefficient (Wildman–Crippen LogP) is 5.39. The van der Waals surface area contributed by atoms with Crippen LogP contribution in [0, 0.1) is 5.82 Å². The second-order valence-corrected chi connectivity index (χ2v) is 9.57. The maximum absolute atomic E-state index is 13.8. The predicted molar refractivity (Wildman–Crippen MR) is 138 cm³/mol. The van der Waals surface area contributed by atoms with Gasteiger partial charge in [-0.25, -0.2) is 4.39 Å². The van der Waals surface area contributed by atoms with Crippen LogP contribution in [0.25, 0.3) is 28.5 Å². The van der Waals surface area contributed by atoms with Crippen LogP contribution in [0.1, 0.15) is 68.5 Å². The lowest BCUT2D eigenvalue weighted by Crippen LogP contribution is -2.14. The Kier molecular flexibility index (Phi) is 7.63. The molecule has 6 heteroatoms. The third-order valence-corrected chi connectivity index (χ3v) is 6.62. The van der Waals surface area contributed by atoms with Gasteiger partial charge in [-0.3, -0.25) is 9.78 Å². The quantitative estimate of drug-likeness (QED) is 0.427. The first-order chi connectivity index (χ1) is 16.8. The number of nitrogens with one attached hydrogen (secondary N) is 1. The van der Waals surface area contributed by atoms with E-state index in [1.54, 1.807) is 18.2 Å². The number of hydrogen-bond acceptors (Lipinski definition) is 4. The van der Waals surface area contributed by atoms with Crippen LogP contribution in [-0.2, 0) is 12.8 Å². The number of hydrogen-bond donors (Lipinski definition) is 3. The summed E-state index contributed by atoms with van der Waals surface area (Å²) in [4.78, 5) is 20.1. The van der Waals surface area contributed by atoms with E-state index in [0.717, 1.165) is 64.2 Å². The van der Waals surface area contributed by atoms with Crippen molar-refractivity contribution in [1.29, 1.82) is 0 Å². The summed E-state index contributed by atoms with van der Waals surface area (Å²) in [7, 11) is 0. The first kappa shape index (κ1) is 25.0. The monoisotopic (exact) mass is 476 g/mol. The third kappa shape index (κ3) is 5.44. The molecule has 2 heterocycles. The summed E-state index contributed by atoms with van der Waals surface area (Å²) in [5.74, 6) is -0.228. The fourth-order valence-corrected chi connectivity index (χ4v) is 4.79. The molecule has 0 radical (unpaired) electrons. The minimum absolute atomic E-state index is 0.0759. The molecule has 0 unspecified atom stereocenters. The smallest absolute Gasteiger partial charge is 0.248 e. The number of fused-ring (bicyclic) bond motifs is 3. The van der Waals surface area contributed by atoms with Crippen LogP contribution in [0.2, 0.25) is 0 Å². The molecule has 35 heavy (non-hydrogen) atoms. The number of benzene rings is 1. The number of aromatic amines is 1. The van der Waals surface area contributed by atoms with Gasteiger partial charge in [-0.2, -0.15) is 0 Å². The second-order valence-electron chi connectivity index (χ2n) is 9.57. The van der Waals surface area contributed by atoms with Crippen LogP contribution in [0.3, 0.4) is 0 Å². The highest BCUT2D eigenvalue weighted by atomic mass is 19.1. The van der Waals surface area contributed by atoms with E-state index in [-0.39, 0.29) is 23.7 Å². The van der Waals surface area contributed by atoms with E-state index in [4.69, 9.17) is 4.98 Å². The van der Waals surface area contributed by atoms with Gasteiger partial charge in [0.2, 0.25) is 5.56 Å². The molecule has 5 nitrogen and oxygen atoms in total. The number of aliphatic hydroxyl groups excluding tert-OH is 2. The molecule has 1 aliphatic rings. The van der Waals surface area contributed by atoms with E-state index in [1.165, 1.54) is 18.2 Å². The molecular formula is C29H33FN2O3. The molecule has 0 spiro atoms. The highest BCUT2D eigenvalue weighted by Crippen LogP contribution is 2.41. The van der Waals surface area contributed by atoms with Gasteiger partial charge in [-0.1, -0.05) is 45.1 Å². The molecule has 0 saturated carbocycles. The zero-order chi connectivity index (χ0) is 25.1. The van der Waals surface area contributed by atoms with Gasteiger partial charge in [0.05, 0.1) is 23.6 Å². The van der Waals surface area contributed by atoms with Crippen molar-refractivity contribution in [2.45, 2.75) is 71.0 Å². The highest BCUT2D eigenvalue weighted by molar-refractivity contribution is 5.85. The maximum Gasteiger partial charge on any atom is 0.248 e. The topological polar surface area (TPSA) is 86.2 Å². The molecule has 0 bridgehead atoms. The molecule has 1 aliphatic carbocycles. The Hall–Kier alpha value is -3.09. The molecule has 184 valence electrons. The van der Waals surface area contributed by atoms with Crippen molar-refractivity contribution in [2.24, 2.45) is 0 Å². The molecule has 0 saturated heterocycles. The fraction of sp³-hybridized carbons (Fsp3) is 0.379. The third-order valence-electron chi connectivity index (χ3n) is 6.62. The molecule has 0 fully saturated rings. The summed E-state index contributed by atoms with van der Waals surface area (Å²) in [6.07, 6.45) is 5.40. The zero-order valence-corrected chi connectivity index (χ0v) is 20.5. The lowest BCUT2D eigenvalue weighted by atomic mass is 9.86. The number of aromatic nitrogens is 2. The van der Waals surface area contributed by atoms with Gasteiger partial charge in [-0.05, 0) is 66.5 Å². The van der Waals surface area contributed by atoms with Crippen LogP contribution in [0.15, 0.2) is 47.3 Å². The SMILES string of the molecule is CC[C@H](O)C[C@H](O)/C=C/c1c(C(C)C)nc2c(c1-c1ccc(F)cc1)CCCc1[nH]c(=O)ccc1-2. The number of aryl methyl sites for hydroxylation is 1. The molecule has 2 aromatic heterocycles. The largest absolute Gasteiger partial charge is 0.393 e. The fourth-order valence-electron chi connectivity index (χ4n) is 4.79. The number of aliphatic hydroxyl groups is 2. The Balaban J connectivity index is 1.98. The van der Waals surface area contributed by atoms with Crippen molar-refractivity contribution in [3.8, 4) is 22.4 Å². The molecule has 1 aromatic carbocycles. The van der Waals surface area contributed by atoms with Crippen molar-refractivity contribution in [3.05, 3.63) is 81.2 Å². The molecular weight excluding hydrogens is 443 g/mol. The Morgan fingerprint density at radius 1 is 1.11 bits per heavy atom. The molecule has 4 rings (SSSR count). The molecule has 0 aliphatic heterocycles. The minimum atomic E-state index is -0.796. The number of halogens is 1. The summed E-state index contributed by atoms with van der Waals surface area (Å²) in [5, 5.41) is 20.5. The zero-order valence-electron chi connectivity index (χ0n) is 20.5. The van der Waals surface area contributed by atoms with Gasteiger partial charge < -0.3 is 15.2 Å². The maximum atomic E-state index is 13.8. The van der Waals surface area contributed by atoms with Gasteiger partial charge >= 0.3 is 0 Å². The van der Waals surface area contributed by atoms with E-state index in [1.807, 2.05) is 19.1 Å². The van der Waals surface area contributed by atoms with Crippen LogP contribution in [-0.4, -0.2) is 32.4 Å². The van der Waals surface area contributed by atoms with Crippen LogP contribution in [0.4, 0.5) is 4.39 Å². The van der Waals surface area contributed by atoms with Crippen LogP contribution < -0.4 is 5.56 Å². The Morgan fingerprint density at radius 2 is 1.86 bits per heavy atom. The summed E-state index contributed by atoms with van der Waals surface area (Å²) >= 11 is 0. The van der Waals surface area contributed by atoms with Gasteiger partial charge in [-0.15, -0.1) is 0 Å². The van der Waals surface area contributed by atoms with E-state index >= 15 is 0 Å². The van der Waals surface area contributed by atoms with Gasteiger partial charge in [0.1, 0.15) is 5.82 Å². The number of rotatable bonds is 7. The van der Waals surface area contributed by atoms with Crippen molar-refractivity contribution >= 4 is 6.08 Å². The molecule has 3 aromatic rings. The summed E-state index contributed by atoms with van der Waals surface area (Å²) in [6, 6.07) is 9.85. The summed E-state index contributed by atoms with van der Waals surface area (Å²) in [5.41, 5.74) is 7.17. The normalized spacial score (nSPS) is 15.1. The molecule has 2 atom stereocenters. The standard InChI is InChI=1S/C29H33FN2O3/c1-4-20(33)16-21(34)12-13-24-27(18-8-10-19(30)11-9-18)23-6-5-7-25-22(14-15-26(35)31-25)29(23)32-28(24)17(2)3/h8-15,17,20-21,33-34H,4-7,16H2,1-3H3,(H,31,35)/b13-12+/t20-,21+/m0/s1. The Morgan fingerprint density at radius 3 is 2.54 bits per heavy atom. The highest BCUT2D eigenvalue weighted by Gasteiger charge is 2.25. The average molecular weight is 477 g/mol.